The van der Waals surface area contributed by atoms with Gasteiger partial charge in [-0.2, -0.15) is 9.59 Å². The molecule has 0 aromatic carbocycles. The fourth-order valence-electron chi connectivity index (χ4n) is 0.995. The fraction of sp³-hybridized carbons (Fsp3) is 0.333. The minimum absolute atomic E-state index is 0.618. The number of thioether (sulfide) groups is 2. The molecule has 0 amide bonds. The lowest BCUT2D eigenvalue weighted by Crippen LogP contribution is -1.83. The average molecular weight is 245 g/mol. The molecule has 2 aromatic heterocycles. The van der Waals surface area contributed by atoms with Crippen molar-refractivity contribution in [3.05, 3.63) is 0 Å². The van der Waals surface area contributed by atoms with Crippen LogP contribution in [0.2, 0.25) is 0 Å². The molecule has 0 aliphatic heterocycles. The molecule has 2 rings (SSSR count). The molecule has 2 aromatic rings. The van der Waals surface area contributed by atoms with Crippen LogP contribution in [0.25, 0.3) is 11.4 Å². The molecule has 0 aliphatic rings. The van der Waals surface area contributed by atoms with Crippen LogP contribution in [-0.2, 0) is 0 Å². The maximum atomic E-state index is 4.32. The van der Waals surface area contributed by atoms with Crippen molar-refractivity contribution in [3.63, 3.8) is 0 Å². The summed E-state index contributed by atoms with van der Waals surface area (Å²) in [6, 6.07) is 0. The maximum Gasteiger partial charge on any atom is 0.209 e. The Balaban J connectivity index is 2.54. The summed E-state index contributed by atoms with van der Waals surface area (Å²) in [6.07, 6.45) is 4.00. The molecule has 0 saturated heterocycles. The number of nitrogens with one attached hydrogen (secondary N) is 1. The predicted molar refractivity (Wildman–Crippen MR) is 58.8 cm³/mol. The molecule has 14 heavy (non-hydrogen) atoms. The van der Waals surface area contributed by atoms with E-state index in [2.05, 4.69) is 25.0 Å². The number of aromatic amines is 1. The van der Waals surface area contributed by atoms with E-state index in [1.54, 1.807) is 23.5 Å². The molecule has 0 unspecified atom stereocenters. The van der Waals surface area contributed by atoms with Gasteiger partial charge in [-0.25, -0.2) is 0 Å². The summed E-state index contributed by atoms with van der Waals surface area (Å²) in [7, 11) is 0. The van der Waals surface area contributed by atoms with E-state index in [1.165, 1.54) is 11.5 Å². The van der Waals surface area contributed by atoms with Gasteiger partial charge in [0.05, 0.1) is 9.77 Å². The molecule has 0 spiro atoms. The van der Waals surface area contributed by atoms with Crippen molar-refractivity contribution in [1.29, 1.82) is 0 Å². The normalized spacial score (nSPS) is 10.7. The number of hydrogen-bond donors (Lipinski definition) is 1. The number of rotatable bonds is 3. The highest BCUT2D eigenvalue weighted by molar-refractivity contribution is 8.01. The monoisotopic (exact) mass is 245 g/mol. The van der Waals surface area contributed by atoms with Crippen LogP contribution in [0.5, 0.6) is 0 Å². The Morgan fingerprint density at radius 1 is 1.29 bits per heavy atom. The van der Waals surface area contributed by atoms with Gasteiger partial charge in [0.1, 0.15) is 5.03 Å². The molecule has 74 valence electrons. The zero-order chi connectivity index (χ0) is 9.97. The number of nitrogens with zero attached hydrogens (tertiary/aromatic N) is 4. The summed E-state index contributed by atoms with van der Waals surface area (Å²) >= 11 is 4.71. The lowest BCUT2D eigenvalue weighted by atomic mass is 10.3. The van der Waals surface area contributed by atoms with Crippen molar-refractivity contribution in [2.45, 2.75) is 9.24 Å². The third-order valence-electron chi connectivity index (χ3n) is 1.58. The number of aromatic nitrogens is 5. The van der Waals surface area contributed by atoms with Crippen LogP contribution < -0.4 is 0 Å². The largest absolute Gasteiger partial charge is 0.209 e. The Morgan fingerprint density at radius 2 is 2.14 bits per heavy atom. The average Bonchev–Trinajstić information content (AvgIpc) is 2.85. The molecule has 2 heterocycles. The van der Waals surface area contributed by atoms with E-state index < -0.39 is 0 Å². The highest BCUT2D eigenvalue weighted by Gasteiger charge is 2.17. The van der Waals surface area contributed by atoms with Crippen LogP contribution in [0.4, 0.5) is 0 Å². The van der Waals surface area contributed by atoms with E-state index in [4.69, 9.17) is 0 Å². The van der Waals surface area contributed by atoms with E-state index >= 15 is 0 Å². The van der Waals surface area contributed by atoms with Crippen molar-refractivity contribution in [3.8, 4) is 11.4 Å². The molecule has 0 bridgehead atoms. The molecular formula is C6H7N5S3. The molecule has 0 fully saturated rings. The number of H-pyrrole nitrogens is 1. The first-order valence-corrected chi connectivity index (χ1v) is 6.90. The minimum atomic E-state index is 0.618. The molecule has 0 radical (unpaired) electrons. The van der Waals surface area contributed by atoms with Gasteiger partial charge >= 0.3 is 0 Å². The van der Waals surface area contributed by atoms with Crippen LogP contribution in [0, 0.1) is 0 Å². The van der Waals surface area contributed by atoms with E-state index in [1.807, 2.05) is 12.5 Å². The second-order valence-electron chi connectivity index (χ2n) is 2.29. The summed E-state index contributed by atoms with van der Waals surface area (Å²) in [5, 5.41) is 14.9. The molecule has 0 aliphatic carbocycles. The Bertz CT molecular complexity index is 388. The lowest BCUT2D eigenvalue weighted by Gasteiger charge is -1.95. The van der Waals surface area contributed by atoms with Gasteiger partial charge in [-0.05, 0) is 29.3 Å². The van der Waals surface area contributed by atoms with Crippen molar-refractivity contribution < 1.29 is 0 Å². The Hall–Kier alpha value is -0.600. The van der Waals surface area contributed by atoms with Crippen molar-refractivity contribution in [2.24, 2.45) is 0 Å². The Morgan fingerprint density at radius 3 is 2.71 bits per heavy atom. The minimum Gasteiger partial charge on any atom is -0.184 e. The van der Waals surface area contributed by atoms with Gasteiger partial charge in [0, 0.05) is 0 Å². The van der Waals surface area contributed by atoms with E-state index in [0.717, 1.165) is 14.8 Å². The molecule has 0 atom stereocenters. The fourth-order valence-corrected chi connectivity index (χ4v) is 3.27. The Kier molecular flexibility index (Phi) is 3.04. The first kappa shape index (κ1) is 9.94. The second kappa shape index (κ2) is 4.28. The van der Waals surface area contributed by atoms with E-state index in [9.17, 15) is 0 Å². The first-order valence-electron chi connectivity index (χ1n) is 3.68. The van der Waals surface area contributed by atoms with Crippen molar-refractivity contribution in [2.75, 3.05) is 12.5 Å². The van der Waals surface area contributed by atoms with Crippen molar-refractivity contribution >= 4 is 35.1 Å². The summed E-state index contributed by atoms with van der Waals surface area (Å²) < 4.78 is 5.44. The molecule has 1 N–H and O–H groups in total. The van der Waals surface area contributed by atoms with Gasteiger partial charge in [-0.1, -0.05) is 0 Å². The Labute approximate surface area is 93.2 Å². The van der Waals surface area contributed by atoms with Crippen LogP contribution in [0.1, 0.15) is 0 Å². The zero-order valence-electron chi connectivity index (χ0n) is 7.51. The van der Waals surface area contributed by atoms with Crippen LogP contribution >= 0.6 is 35.1 Å². The van der Waals surface area contributed by atoms with Gasteiger partial charge in [0.15, 0.2) is 0 Å². The third kappa shape index (κ3) is 1.64. The summed E-state index contributed by atoms with van der Waals surface area (Å²) in [5.41, 5.74) is 0.990. The predicted octanol–water partition coefficient (Wildman–Crippen LogP) is 1.77. The highest BCUT2D eigenvalue weighted by atomic mass is 32.2. The van der Waals surface area contributed by atoms with Gasteiger partial charge in [0.25, 0.3) is 0 Å². The quantitative estimate of drug-likeness (QED) is 0.831. The van der Waals surface area contributed by atoms with Gasteiger partial charge < -0.3 is 0 Å². The van der Waals surface area contributed by atoms with Crippen LogP contribution in [0.15, 0.2) is 9.24 Å². The second-order valence-corrected chi connectivity index (χ2v) is 4.94. The molecular weight excluding hydrogens is 238 g/mol. The zero-order valence-corrected chi connectivity index (χ0v) is 9.96. The smallest absolute Gasteiger partial charge is 0.184 e. The standard InChI is InChI=1S/C6H7N5S3/c1-12-5-3(4-7-10-11-8-4)6(13-2)14-9-5/h1-2H3,(H,7,8,10,11). The lowest BCUT2D eigenvalue weighted by molar-refractivity contribution is 0.881. The van der Waals surface area contributed by atoms with E-state index in [0.29, 0.717) is 5.82 Å². The molecule has 5 nitrogen and oxygen atoms in total. The van der Waals surface area contributed by atoms with E-state index in [-0.39, 0.29) is 0 Å². The van der Waals surface area contributed by atoms with Crippen LogP contribution in [0.3, 0.4) is 0 Å². The highest BCUT2D eigenvalue weighted by Crippen LogP contribution is 2.38. The molecule has 0 saturated carbocycles. The summed E-state index contributed by atoms with van der Waals surface area (Å²) in [5.74, 6) is 0.618. The van der Waals surface area contributed by atoms with Crippen LogP contribution in [-0.4, -0.2) is 37.5 Å². The number of tetrazole rings is 1. The molecule has 8 heteroatoms. The first-order chi connectivity index (χ1) is 6.86. The SMILES string of the molecule is CSc1nsc(SC)c1-c1nn[nH]n1. The van der Waals surface area contributed by atoms with Crippen molar-refractivity contribution in [1.82, 2.24) is 25.0 Å². The maximum absolute atomic E-state index is 4.32. The van der Waals surface area contributed by atoms with Gasteiger partial charge in [-0.3, -0.25) is 0 Å². The summed E-state index contributed by atoms with van der Waals surface area (Å²) in [4.78, 5) is 0. The summed E-state index contributed by atoms with van der Waals surface area (Å²) in [6.45, 7) is 0. The topological polar surface area (TPSA) is 67.3 Å². The third-order valence-corrected chi connectivity index (χ3v) is 4.32. The van der Waals surface area contributed by atoms with Gasteiger partial charge in [0.2, 0.25) is 5.82 Å². The van der Waals surface area contributed by atoms with Gasteiger partial charge in [-0.15, -0.1) is 33.7 Å². The number of hydrogen-bond acceptors (Lipinski definition) is 7.